The minimum Gasteiger partial charge on any atom is -0.312 e. The van der Waals surface area contributed by atoms with Gasteiger partial charge in [0.15, 0.2) is 0 Å². The predicted molar refractivity (Wildman–Crippen MR) is 51.1 cm³/mol. The lowest BCUT2D eigenvalue weighted by Crippen LogP contribution is -2.27. The van der Waals surface area contributed by atoms with Crippen molar-refractivity contribution in [2.75, 3.05) is 6.54 Å². The van der Waals surface area contributed by atoms with Gasteiger partial charge >= 0.3 is 0 Å². The van der Waals surface area contributed by atoms with Gasteiger partial charge in [0.1, 0.15) is 5.82 Å². The fraction of sp³-hybridized carbons (Fsp3) is 0.455. The summed E-state index contributed by atoms with van der Waals surface area (Å²) in [5.41, 5.74) is 2.45. The first-order chi connectivity index (χ1) is 6.31. The van der Waals surface area contributed by atoms with Crippen LogP contribution in [0.1, 0.15) is 30.4 Å². The van der Waals surface area contributed by atoms with Gasteiger partial charge in [-0.2, -0.15) is 0 Å². The Balaban J connectivity index is 2.41. The summed E-state index contributed by atoms with van der Waals surface area (Å²) < 4.78 is 13.0. The molecule has 1 aliphatic heterocycles. The van der Waals surface area contributed by atoms with E-state index in [9.17, 15) is 4.39 Å². The molecule has 13 heavy (non-hydrogen) atoms. The number of rotatable bonds is 1. The number of fused-ring (bicyclic) bond motifs is 1. The van der Waals surface area contributed by atoms with Gasteiger partial charge in [-0.15, -0.1) is 0 Å². The van der Waals surface area contributed by atoms with Gasteiger partial charge < -0.3 is 5.32 Å². The van der Waals surface area contributed by atoms with E-state index in [0.29, 0.717) is 5.92 Å². The smallest absolute Gasteiger partial charge is 0.123 e. The van der Waals surface area contributed by atoms with Crippen LogP contribution < -0.4 is 5.32 Å². The lowest BCUT2D eigenvalue weighted by molar-refractivity contribution is 0.523. The molecule has 1 aromatic rings. The summed E-state index contributed by atoms with van der Waals surface area (Å²) in [5, 5.41) is 3.34. The van der Waals surface area contributed by atoms with Gasteiger partial charge in [-0.05, 0) is 35.6 Å². The number of hydrogen-bond donors (Lipinski definition) is 1. The highest BCUT2D eigenvalue weighted by atomic mass is 19.1. The fourth-order valence-corrected chi connectivity index (χ4v) is 1.96. The van der Waals surface area contributed by atoms with Crippen molar-refractivity contribution in [1.82, 2.24) is 5.32 Å². The molecule has 0 aliphatic carbocycles. The fourth-order valence-electron chi connectivity index (χ4n) is 1.96. The molecule has 0 amide bonds. The van der Waals surface area contributed by atoms with Gasteiger partial charge in [0.2, 0.25) is 0 Å². The van der Waals surface area contributed by atoms with E-state index >= 15 is 0 Å². The zero-order valence-electron chi connectivity index (χ0n) is 7.81. The van der Waals surface area contributed by atoms with E-state index in [2.05, 4.69) is 12.2 Å². The average molecular weight is 179 g/mol. The van der Waals surface area contributed by atoms with Crippen molar-refractivity contribution in [1.29, 1.82) is 0 Å². The summed E-state index contributed by atoms with van der Waals surface area (Å²) in [5.74, 6) is 0.374. The highest BCUT2D eigenvalue weighted by molar-refractivity contribution is 5.33. The van der Waals surface area contributed by atoms with Crippen LogP contribution in [-0.4, -0.2) is 6.54 Å². The highest BCUT2D eigenvalue weighted by Crippen LogP contribution is 2.26. The maximum Gasteiger partial charge on any atom is 0.123 e. The molecule has 0 spiro atoms. The summed E-state index contributed by atoms with van der Waals surface area (Å²) in [4.78, 5) is 0. The highest BCUT2D eigenvalue weighted by Gasteiger charge is 2.18. The molecule has 0 unspecified atom stereocenters. The summed E-state index contributed by atoms with van der Waals surface area (Å²) in [6, 6.07) is 5.11. The number of halogens is 1. The Bertz CT molecular complexity index is 309. The van der Waals surface area contributed by atoms with E-state index in [0.717, 1.165) is 19.5 Å². The van der Waals surface area contributed by atoms with Crippen LogP contribution in [0, 0.1) is 5.82 Å². The number of hydrogen-bond acceptors (Lipinski definition) is 1. The molecule has 0 bridgehead atoms. The second kappa shape index (κ2) is 3.46. The molecule has 70 valence electrons. The molecule has 0 radical (unpaired) electrons. The zero-order chi connectivity index (χ0) is 9.26. The van der Waals surface area contributed by atoms with Crippen molar-refractivity contribution in [3.05, 3.63) is 35.1 Å². The second-order valence-electron chi connectivity index (χ2n) is 3.58. The summed E-state index contributed by atoms with van der Waals surface area (Å²) in [6.45, 7) is 4.01. The van der Waals surface area contributed by atoms with Crippen molar-refractivity contribution in [3.63, 3.8) is 0 Å². The third-order valence-corrected chi connectivity index (χ3v) is 2.75. The minimum atomic E-state index is -0.112. The maximum atomic E-state index is 13.0. The molecule has 2 rings (SSSR count). The molecule has 1 atom stereocenters. The average Bonchev–Trinajstić information content (AvgIpc) is 2.17. The van der Waals surface area contributed by atoms with Crippen LogP contribution in [-0.2, 0) is 6.54 Å². The molecule has 1 heterocycles. The first-order valence-corrected chi connectivity index (χ1v) is 4.80. The molecular formula is C11H14FN. The van der Waals surface area contributed by atoms with Crippen molar-refractivity contribution < 1.29 is 4.39 Å². The minimum absolute atomic E-state index is 0.112. The van der Waals surface area contributed by atoms with Gasteiger partial charge in [0.05, 0.1) is 0 Å². The van der Waals surface area contributed by atoms with E-state index in [4.69, 9.17) is 0 Å². The van der Waals surface area contributed by atoms with E-state index in [1.54, 1.807) is 12.1 Å². The van der Waals surface area contributed by atoms with E-state index in [1.165, 1.54) is 11.1 Å². The van der Waals surface area contributed by atoms with Crippen molar-refractivity contribution in [3.8, 4) is 0 Å². The molecule has 0 saturated carbocycles. The van der Waals surface area contributed by atoms with E-state index in [1.807, 2.05) is 6.07 Å². The Morgan fingerprint density at radius 2 is 2.38 bits per heavy atom. The molecule has 1 nitrogen and oxygen atoms in total. The molecule has 1 aliphatic rings. The molecule has 0 aromatic heterocycles. The predicted octanol–water partition coefficient (Wildman–Crippen LogP) is 2.42. The molecule has 1 aromatic carbocycles. The van der Waals surface area contributed by atoms with Crippen LogP contribution in [0.2, 0.25) is 0 Å². The largest absolute Gasteiger partial charge is 0.312 e. The van der Waals surface area contributed by atoms with Crippen LogP contribution in [0.25, 0.3) is 0 Å². The van der Waals surface area contributed by atoms with Gasteiger partial charge in [-0.3, -0.25) is 0 Å². The summed E-state index contributed by atoms with van der Waals surface area (Å²) in [6.07, 6.45) is 1.07. The van der Waals surface area contributed by atoms with Crippen LogP contribution >= 0.6 is 0 Å². The number of benzene rings is 1. The zero-order valence-corrected chi connectivity index (χ0v) is 7.81. The Labute approximate surface area is 78.0 Å². The third kappa shape index (κ3) is 1.59. The first kappa shape index (κ1) is 8.70. The van der Waals surface area contributed by atoms with Crippen LogP contribution in [0.4, 0.5) is 4.39 Å². The topological polar surface area (TPSA) is 12.0 Å². The molecule has 0 saturated heterocycles. The monoisotopic (exact) mass is 179 g/mol. The van der Waals surface area contributed by atoms with Crippen molar-refractivity contribution in [2.45, 2.75) is 25.8 Å². The standard InChI is InChI=1S/C11H14FN/c1-2-8-6-13-7-9-3-4-10(12)5-11(8)9/h3-5,8,13H,2,6-7H2,1H3/t8-/m1/s1. The number of nitrogens with one attached hydrogen (secondary N) is 1. The van der Waals surface area contributed by atoms with Crippen LogP contribution in [0.15, 0.2) is 18.2 Å². The Morgan fingerprint density at radius 1 is 1.54 bits per heavy atom. The van der Waals surface area contributed by atoms with Crippen molar-refractivity contribution in [2.24, 2.45) is 0 Å². The van der Waals surface area contributed by atoms with E-state index in [-0.39, 0.29) is 5.82 Å². The van der Waals surface area contributed by atoms with Crippen molar-refractivity contribution >= 4 is 0 Å². The Kier molecular flexibility index (Phi) is 2.32. The van der Waals surface area contributed by atoms with E-state index < -0.39 is 0 Å². The second-order valence-corrected chi connectivity index (χ2v) is 3.58. The Morgan fingerprint density at radius 3 is 3.15 bits per heavy atom. The molecule has 0 fully saturated rings. The van der Waals surface area contributed by atoms with Crippen LogP contribution in [0.5, 0.6) is 0 Å². The summed E-state index contributed by atoms with van der Waals surface area (Å²) >= 11 is 0. The lowest BCUT2D eigenvalue weighted by Gasteiger charge is -2.25. The van der Waals surface area contributed by atoms with Gasteiger partial charge in [0, 0.05) is 13.1 Å². The van der Waals surface area contributed by atoms with Gasteiger partial charge in [-0.1, -0.05) is 13.0 Å². The van der Waals surface area contributed by atoms with Crippen LogP contribution in [0.3, 0.4) is 0 Å². The molecular weight excluding hydrogens is 165 g/mol. The maximum absolute atomic E-state index is 13.0. The molecule has 1 N–H and O–H groups in total. The first-order valence-electron chi connectivity index (χ1n) is 4.80. The normalized spacial score (nSPS) is 21.2. The lowest BCUT2D eigenvalue weighted by atomic mass is 9.89. The Hall–Kier alpha value is -0.890. The molecule has 2 heteroatoms. The van der Waals surface area contributed by atoms with Gasteiger partial charge in [0.25, 0.3) is 0 Å². The quantitative estimate of drug-likeness (QED) is 0.698. The van der Waals surface area contributed by atoms with Gasteiger partial charge in [-0.25, -0.2) is 4.39 Å². The third-order valence-electron chi connectivity index (χ3n) is 2.75. The SMILES string of the molecule is CC[C@@H]1CNCc2ccc(F)cc21. The summed E-state index contributed by atoms with van der Waals surface area (Å²) in [7, 11) is 0.